The van der Waals surface area contributed by atoms with Crippen molar-refractivity contribution < 1.29 is 66.2 Å². The Morgan fingerprint density at radius 3 is 1.89 bits per heavy atom. The molecular formula is C17H29N2O14P3. The highest BCUT2D eigenvalue weighted by molar-refractivity contribution is 7.47. The summed E-state index contributed by atoms with van der Waals surface area (Å²) < 4.78 is 52.8. The minimum Gasteiger partial charge on any atom is -0.445 e. The third-order valence-electron chi connectivity index (χ3n) is 4.80. The topological polar surface area (TPSA) is 242 Å². The first-order valence-corrected chi connectivity index (χ1v) is 15.1. The van der Waals surface area contributed by atoms with Crippen LogP contribution in [0.3, 0.4) is 0 Å². The molecule has 1 saturated heterocycles. The lowest BCUT2D eigenvalue weighted by molar-refractivity contribution is -0.0988. The zero-order valence-electron chi connectivity index (χ0n) is 18.8. The molecule has 1 aromatic rings. The molecule has 19 heteroatoms. The molecule has 0 spiro atoms. The van der Waals surface area contributed by atoms with Gasteiger partial charge in [0, 0.05) is 19.6 Å². The van der Waals surface area contributed by atoms with Crippen molar-refractivity contribution in [3.8, 4) is 0 Å². The van der Waals surface area contributed by atoms with E-state index in [1.807, 2.05) is 18.2 Å². The summed E-state index contributed by atoms with van der Waals surface area (Å²) in [6.07, 6.45) is -5.07. The van der Waals surface area contributed by atoms with E-state index in [4.69, 9.17) is 14.5 Å². The van der Waals surface area contributed by atoms with Crippen LogP contribution >= 0.6 is 23.5 Å². The number of carbonyl (C=O) groups is 1. The number of phosphoric ester groups is 3. The normalized spacial score (nSPS) is 20.3. The Morgan fingerprint density at radius 2 is 1.39 bits per heavy atom. The van der Waals surface area contributed by atoms with Crippen LogP contribution in [0, 0.1) is 0 Å². The molecule has 0 aliphatic carbocycles. The molecule has 1 aromatic carbocycles. The van der Waals surface area contributed by atoms with Crippen molar-refractivity contribution in [1.82, 2.24) is 10.2 Å². The van der Waals surface area contributed by atoms with Crippen molar-refractivity contribution in [2.75, 3.05) is 26.2 Å². The zero-order valence-corrected chi connectivity index (χ0v) is 21.5. The molecule has 36 heavy (non-hydrogen) atoms. The van der Waals surface area contributed by atoms with Gasteiger partial charge in [0.25, 0.3) is 0 Å². The van der Waals surface area contributed by atoms with E-state index >= 15 is 0 Å². The maximum absolute atomic E-state index is 11.8. The summed E-state index contributed by atoms with van der Waals surface area (Å²) in [5.74, 6) is 0. The molecule has 1 heterocycles. The van der Waals surface area contributed by atoms with Gasteiger partial charge in [-0.15, -0.1) is 0 Å². The number of nitrogens with zero attached hydrogens (tertiary/aromatic N) is 1. The van der Waals surface area contributed by atoms with E-state index in [0.717, 1.165) is 5.56 Å². The molecule has 0 unspecified atom stereocenters. The van der Waals surface area contributed by atoms with Gasteiger partial charge in [-0.3, -0.25) is 18.5 Å². The van der Waals surface area contributed by atoms with Crippen molar-refractivity contribution in [3.63, 3.8) is 0 Å². The summed E-state index contributed by atoms with van der Waals surface area (Å²) in [6, 6.07) is 9.05. The molecule has 0 aromatic heterocycles. The van der Waals surface area contributed by atoms with Gasteiger partial charge in [-0.1, -0.05) is 30.3 Å². The minimum atomic E-state index is -5.26. The Balaban J connectivity index is 1.91. The Labute approximate surface area is 206 Å². The number of likely N-dealkylation sites (tertiary alicyclic amines) is 1. The number of nitrogens with one attached hydrogen (secondary N) is 1. The summed E-state index contributed by atoms with van der Waals surface area (Å²) >= 11 is 0. The fourth-order valence-electron chi connectivity index (χ4n) is 3.47. The van der Waals surface area contributed by atoms with Crippen LogP contribution < -0.4 is 5.32 Å². The molecule has 1 fully saturated rings. The largest absolute Gasteiger partial charge is 0.470 e. The second-order valence-corrected chi connectivity index (χ2v) is 11.4. The summed E-state index contributed by atoms with van der Waals surface area (Å²) in [6.45, 7) is -0.0749. The van der Waals surface area contributed by atoms with E-state index in [0.29, 0.717) is 12.8 Å². The van der Waals surface area contributed by atoms with Crippen LogP contribution in [0.15, 0.2) is 30.3 Å². The van der Waals surface area contributed by atoms with E-state index in [-0.39, 0.29) is 32.8 Å². The van der Waals surface area contributed by atoms with Crippen LogP contribution in [0.4, 0.5) is 4.79 Å². The van der Waals surface area contributed by atoms with Crippen LogP contribution in [0.5, 0.6) is 0 Å². The Kier molecular flexibility index (Phi) is 11.7. The predicted octanol–water partition coefficient (Wildman–Crippen LogP) is 0.442. The number of phosphoric acid groups is 3. The van der Waals surface area contributed by atoms with Gasteiger partial charge in [-0.05, 0) is 24.9 Å². The second kappa shape index (κ2) is 13.5. The Hall–Kier alpha value is -1.22. The van der Waals surface area contributed by atoms with Gasteiger partial charge in [0.1, 0.15) is 24.9 Å². The van der Waals surface area contributed by atoms with Gasteiger partial charge in [-0.25, -0.2) is 18.5 Å². The van der Waals surface area contributed by atoms with Gasteiger partial charge in [-0.2, -0.15) is 0 Å². The third-order valence-corrected chi connectivity index (χ3v) is 6.41. The SMILES string of the molecule is O=C(NCCCCN1C[C@@H](OP(=O)(O)O)C(OP(=O)(O)O)[C@H](OP(=O)(O)O)C1)OCc1ccccc1. The van der Waals surface area contributed by atoms with Crippen LogP contribution in [0.2, 0.25) is 0 Å². The summed E-state index contributed by atoms with van der Waals surface area (Å²) in [7, 11) is -15.6. The summed E-state index contributed by atoms with van der Waals surface area (Å²) in [5.41, 5.74) is 0.818. The first kappa shape index (κ1) is 31.0. The highest BCUT2D eigenvalue weighted by atomic mass is 31.2. The molecule has 0 saturated carbocycles. The van der Waals surface area contributed by atoms with Crippen LogP contribution in [-0.2, 0) is 38.6 Å². The minimum absolute atomic E-state index is 0.0974. The number of rotatable bonds is 13. The number of unbranched alkanes of at least 4 members (excludes halogenated alkanes) is 1. The second-order valence-electron chi connectivity index (χ2n) is 7.78. The number of piperidine rings is 1. The monoisotopic (exact) mass is 578 g/mol. The summed E-state index contributed by atoms with van der Waals surface area (Å²) in [4.78, 5) is 68.3. The number of amides is 1. The van der Waals surface area contributed by atoms with E-state index in [2.05, 4.69) is 18.9 Å². The quantitative estimate of drug-likeness (QED) is 0.124. The zero-order chi connectivity index (χ0) is 27.0. The van der Waals surface area contributed by atoms with Gasteiger partial charge in [0.2, 0.25) is 0 Å². The molecule has 1 amide bonds. The van der Waals surface area contributed by atoms with Gasteiger partial charge in [0.15, 0.2) is 0 Å². The molecular weight excluding hydrogens is 549 g/mol. The Morgan fingerprint density at radius 1 is 0.861 bits per heavy atom. The van der Waals surface area contributed by atoms with Crippen molar-refractivity contribution in [2.45, 2.75) is 37.8 Å². The standard InChI is InChI=1S/C17H29N2O14P3/c20-17(30-12-13-6-2-1-3-7-13)18-8-4-5-9-19-10-14(31-34(21,22)23)16(33-36(27,28)29)15(11-19)32-35(24,25)26/h1-3,6-7,14-16H,4-5,8-12H2,(H,18,20)(H2,21,22,23)(H2,24,25,26)(H2,27,28,29)/t14-,15-/m1/s1. The molecule has 1 aliphatic rings. The molecule has 2 rings (SSSR count). The number of alkyl carbamates (subject to hydrolysis) is 1. The van der Waals surface area contributed by atoms with Crippen molar-refractivity contribution in [1.29, 1.82) is 0 Å². The lowest BCUT2D eigenvalue weighted by Gasteiger charge is -2.42. The highest BCUT2D eigenvalue weighted by Crippen LogP contribution is 2.48. The third kappa shape index (κ3) is 12.8. The van der Waals surface area contributed by atoms with Crippen LogP contribution in [0.1, 0.15) is 18.4 Å². The van der Waals surface area contributed by atoms with E-state index in [1.165, 1.54) is 4.90 Å². The van der Waals surface area contributed by atoms with Crippen molar-refractivity contribution in [3.05, 3.63) is 35.9 Å². The van der Waals surface area contributed by atoms with Gasteiger partial charge < -0.3 is 39.4 Å². The average molecular weight is 578 g/mol. The smallest absolute Gasteiger partial charge is 0.445 e. The van der Waals surface area contributed by atoms with E-state index in [1.54, 1.807) is 12.1 Å². The van der Waals surface area contributed by atoms with Crippen LogP contribution in [0.25, 0.3) is 0 Å². The van der Waals surface area contributed by atoms with Crippen LogP contribution in [-0.4, -0.2) is 84.8 Å². The molecule has 2 atom stereocenters. The molecule has 0 bridgehead atoms. The maximum Gasteiger partial charge on any atom is 0.470 e. The van der Waals surface area contributed by atoms with Crippen molar-refractivity contribution in [2.24, 2.45) is 0 Å². The lowest BCUT2D eigenvalue weighted by atomic mass is 10.0. The number of benzene rings is 1. The molecule has 1 aliphatic heterocycles. The predicted molar refractivity (Wildman–Crippen MR) is 121 cm³/mol. The lowest BCUT2D eigenvalue weighted by Crippen LogP contribution is -2.57. The highest BCUT2D eigenvalue weighted by Gasteiger charge is 2.47. The van der Waals surface area contributed by atoms with E-state index in [9.17, 15) is 38.1 Å². The van der Waals surface area contributed by atoms with E-state index < -0.39 is 47.9 Å². The number of hydrogen-bond acceptors (Lipinski definition) is 9. The fraction of sp³-hybridized carbons (Fsp3) is 0.588. The fourth-order valence-corrected chi connectivity index (χ4v) is 5.14. The first-order valence-electron chi connectivity index (χ1n) is 10.5. The molecule has 206 valence electrons. The van der Waals surface area contributed by atoms with Gasteiger partial charge in [0.05, 0.1) is 0 Å². The number of hydrogen-bond donors (Lipinski definition) is 7. The Bertz CT molecular complexity index is 946. The summed E-state index contributed by atoms with van der Waals surface area (Å²) in [5, 5.41) is 2.56. The first-order chi connectivity index (χ1) is 16.6. The molecule has 7 N–H and O–H groups in total. The van der Waals surface area contributed by atoms with Crippen molar-refractivity contribution >= 4 is 29.6 Å². The van der Waals surface area contributed by atoms with Gasteiger partial charge >= 0.3 is 29.6 Å². The maximum atomic E-state index is 11.8. The number of ether oxygens (including phenoxy) is 1. The molecule has 16 nitrogen and oxygen atoms in total. The average Bonchev–Trinajstić information content (AvgIpc) is 2.72. The molecule has 0 radical (unpaired) electrons. The number of carbonyl (C=O) groups excluding carboxylic acids is 1.